The fraction of sp³-hybridized carbons (Fsp3) is 0.462. The van der Waals surface area contributed by atoms with Gasteiger partial charge in [-0.25, -0.2) is 0 Å². The predicted molar refractivity (Wildman–Crippen MR) is 71.3 cm³/mol. The van der Waals surface area contributed by atoms with E-state index in [4.69, 9.17) is 10.5 Å². The Morgan fingerprint density at radius 3 is 2.82 bits per heavy atom. The topological polar surface area (TPSA) is 59.6 Å². The smallest absolute Gasteiger partial charge is 0.188 e. The molecule has 0 fully saturated rings. The number of rotatable bonds is 7. The number of unbranched alkanes of at least 4 members (excludes halogenated alkanes) is 1. The van der Waals surface area contributed by atoms with Crippen LogP contribution < -0.4 is 15.8 Å². The number of nitrogens with two attached hydrogens (primary N) is 1. The van der Waals surface area contributed by atoms with Crippen molar-refractivity contribution >= 4 is 5.96 Å². The number of guanidine groups is 1. The highest BCUT2D eigenvalue weighted by Crippen LogP contribution is 2.07. The highest BCUT2D eigenvalue weighted by molar-refractivity contribution is 5.77. The van der Waals surface area contributed by atoms with Gasteiger partial charge in [-0.1, -0.05) is 31.5 Å². The molecule has 1 aromatic rings. The molecule has 0 amide bonds. The van der Waals surface area contributed by atoms with Crippen LogP contribution in [-0.2, 0) is 0 Å². The van der Waals surface area contributed by atoms with Crippen LogP contribution in [0, 0.1) is 0 Å². The monoisotopic (exact) mass is 235 g/mol. The molecule has 0 heterocycles. The average molecular weight is 235 g/mol. The predicted octanol–water partition coefficient (Wildman–Crippen LogP) is 1.77. The Hall–Kier alpha value is -1.71. The van der Waals surface area contributed by atoms with Crippen molar-refractivity contribution in [2.45, 2.75) is 19.8 Å². The number of benzene rings is 1. The Morgan fingerprint density at radius 2 is 2.12 bits per heavy atom. The molecule has 0 radical (unpaired) electrons. The molecule has 0 bridgehead atoms. The van der Waals surface area contributed by atoms with Gasteiger partial charge in [0.2, 0.25) is 0 Å². The van der Waals surface area contributed by atoms with Crippen molar-refractivity contribution < 1.29 is 4.74 Å². The van der Waals surface area contributed by atoms with Crippen molar-refractivity contribution in [1.82, 2.24) is 5.32 Å². The van der Waals surface area contributed by atoms with Gasteiger partial charge in [0, 0.05) is 6.54 Å². The second-order valence-corrected chi connectivity index (χ2v) is 3.71. The van der Waals surface area contributed by atoms with Gasteiger partial charge in [0.15, 0.2) is 5.96 Å². The molecule has 0 saturated carbocycles. The van der Waals surface area contributed by atoms with Gasteiger partial charge in [0.25, 0.3) is 0 Å². The highest BCUT2D eigenvalue weighted by Gasteiger charge is 1.93. The quantitative estimate of drug-likeness (QED) is 0.430. The molecule has 0 atom stereocenters. The number of hydrogen-bond donors (Lipinski definition) is 2. The van der Waals surface area contributed by atoms with E-state index < -0.39 is 0 Å². The maximum atomic E-state index is 5.68. The molecule has 4 heteroatoms. The van der Waals surface area contributed by atoms with Crippen molar-refractivity contribution in [2.75, 3.05) is 19.7 Å². The molecular weight excluding hydrogens is 214 g/mol. The van der Waals surface area contributed by atoms with Crippen LogP contribution in [0.1, 0.15) is 19.8 Å². The average Bonchev–Trinajstić information content (AvgIpc) is 2.36. The first kappa shape index (κ1) is 13.4. The normalized spacial score (nSPS) is 11.2. The lowest BCUT2D eigenvalue weighted by atomic mass is 10.3. The Bertz CT molecular complexity index is 325. The van der Waals surface area contributed by atoms with E-state index in [1.165, 1.54) is 0 Å². The number of aliphatic imine (C=N–C) groups is 1. The van der Waals surface area contributed by atoms with Crippen LogP contribution in [0.3, 0.4) is 0 Å². The summed E-state index contributed by atoms with van der Waals surface area (Å²) in [6.07, 6.45) is 2.21. The summed E-state index contributed by atoms with van der Waals surface area (Å²) < 4.78 is 5.51. The summed E-state index contributed by atoms with van der Waals surface area (Å²) in [6, 6.07) is 9.72. The van der Waals surface area contributed by atoms with E-state index in [-0.39, 0.29) is 0 Å². The molecule has 0 aliphatic rings. The van der Waals surface area contributed by atoms with Crippen LogP contribution in [0.15, 0.2) is 35.3 Å². The van der Waals surface area contributed by atoms with Crippen molar-refractivity contribution in [3.8, 4) is 5.75 Å². The summed E-state index contributed by atoms with van der Waals surface area (Å²) in [5, 5.41) is 3.01. The van der Waals surface area contributed by atoms with Crippen molar-refractivity contribution in [3.63, 3.8) is 0 Å². The fourth-order valence-corrected chi connectivity index (χ4v) is 1.28. The minimum absolute atomic E-state index is 0.495. The van der Waals surface area contributed by atoms with E-state index in [0.717, 1.165) is 25.1 Å². The minimum atomic E-state index is 0.495. The zero-order valence-corrected chi connectivity index (χ0v) is 10.4. The van der Waals surface area contributed by atoms with Crippen LogP contribution in [0.2, 0.25) is 0 Å². The second-order valence-electron chi connectivity index (χ2n) is 3.71. The molecule has 94 valence electrons. The molecule has 1 rings (SSSR count). The molecule has 0 unspecified atom stereocenters. The van der Waals surface area contributed by atoms with Crippen LogP contribution in [0.4, 0.5) is 0 Å². The zero-order valence-electron chi connectivity index (χ0n) is 10.4. The van der Waals surface area contributed by atoms with Crippen molar-refractivity contribution in [3.05, 3.63) is 30.3 Å². The molecular formula is C13H21N3O. The minimum Gasteiger partial charge on any atom is -0.492 e. The molecule has 0 aliphatic carbocycles. The van der Waals surface area contributed by atoms with E-state index in [1.807, 2.05) is 30.3 Å². The molecule has 0 saturated heterocycles. The summed E-state index contributed by atoms with van der Waals surface area (Å²) in [5.41, 5.74) is 5.68. The van der Waals surface area contributed by atoms with Gasteiger partial charge in [0.05, 0.1) is 6.54 Å². The highest BCUT2D eigenvalue weighted by atomic mass is 16.5. The summed E-state index contributed by atoms with van der Waals surface area (Å²) in [5.74, 6) is 1.37. The lowest BCUT2D eigenvalue weighted by Crippen LogP contribution is -2.34. The maximum absolute atomic E-state index is 5.68. The number of nitrogens with zero attached hydrogens (tertiary/aromatic N) is 1. The largest absolute Gasteiger partial charge is 0.492 e. The van der Waals surface area contributed by atoms with Gasteiger partial charge in [-0.3, -0.25) is 4.99 Å². The number of ether oxygens (including phenoxy) is 1. The zero-order chi connectivity index (χ0) is 12.3. The Balaban J connectivity index is 2.09. The molecule has 0 aliphatic heterocycles. The molecule has 4 nitrogen and oxygen atoms in total. The lowest BCUT2D eigenvalue weighted by Gasteiger charge is -2.07. The van der Waals surface area contributed by atoms with Crippen LogP contribution in [0.5, 0.6) is 5.75 Å². The van der Waals surface area contributed by atoms with E-state index in [1.54, 1.807) is 0 Å². The van der Waals surface area contributed by atoms with Gasteiger partial charge in [-0.05, 0) is 18.6 Å². The standard InChI is InChI=1S/C13H21N3O/c1-2-3-9-15-13(14)16-10-11-17-12-7-5-4-6-8-12/h4-8H,2-3,9-11H2,1H3,(H3,14,15,16). The number of hydrogen-bond acceptors (Lipinski definition) is 2. The Morgan fingerprint density at radius 1 is 1.35 bits per heavy atom. The second kappa shape index (κ2) is 8.44. The maximum Gasteiger partial charge on any atom is 0.188 e. The molecule has 3 N–H and O–H groups in total. The van der Waals surface area contributed by atoms with E-state index in [0.29, 0.717) is 19.1 Å². The molecule has 0 spiro atoms. The number of para-hydroxylation sites is 1. The SMILES string of the molecule is CCCCN=C(N)NCCOc1ccccc1. The van der Waals surface area contributed by atoms with Gasteiger partial charge >= 0.3 is 0 Å². The first-order valence-corrected chi connectivity index (χ1v) is 6.04. The summed E-state index contributed by atoms with van der Waals surface area (Å²) in [7, 11) is 0. The summed E-state index contributed by atoms with van der Waals surface area (Å²) in [6.45, 7) is 4.16. The van der Waals surface area contributed by atoms with E-state index >= 15 is 0 Å². The van der Waals surface area contributed by atoms with Crippen LogP contribution in [-0.4, -0.2) is 25.7 Å². The van der Waals surface area contributed by atoms with E-state index in [9.17, 15) is 0 Å². The van der Waals surface area contributed by atoms with Crippen molar-refractivity contribution in [2.24, 2.45) is 10.7 Å². The molecule has 0 aromatic heterocycles. The van der Waals surface area contributed by atoms with Gasteiger partial charge in [-0.15, -0.1) is 0 Å². The molecule has 17 heavy (non-hydrogen) atoms. The van der Waals surface area contributed by atoms with Crippen molar-refractivity contribution in [1.29, 1.82) is 0 Å². The number of nitrogens with one attached hydrogen (secondary N) is 1. The Kier molecular flexibility index (Phi) is 6.63. The van der Waals surface area contributed by atoms with Gasteiger partial charge < -0.3 is 15.8 Å². The Labute approximate surface area is 103 Å². The first-order valence-electron chi connectivity index (χ1n) is 6.04. The van der Waals surface area contributed by atoms with Gasteiger partial charge in [0.1, 0.15) is 12.4 Å². The molecule has 1 aromatic carbocycles. The van der Waals surface area contributed by atoms with Gasteiger partial charge in [-0.2, -0.15) is 0 Å². The lowest BCUT2D eigenvalue weighted by molar-refractivity contribution is 0.322. The third-order valence-corrected chi connectivity index (χ3v) is 2.21. The third kappa shape index (κ3) is 6.45. The van der Waals surface area contributed by atoms with Crippen LogP contribution >= 0.6 is 0 Å². The summed E-state index contributed by atoms with van der Waals surface area (Å²) >= 11 is 0. The van der Waals surface area contributed by atoms with E-state index in [2.05, 4.69) is 17.2 Å². The first-order chi connectivity index (χ1) is 8.33. The summed E-state index contributed by atoms with van der Waals surface area (Å²) in [4.78, 5) is 4.19. The third-order valence-electron chi connectivity index (χ3n) is 2.21. The van der Waals surface area contributed by atoms with Crippen LogP contribution in [0.25, 0.3) is 0 Å². The fourth-order valence-electron chi connectivity index (χ4n) is 1.28.